The molecule has 2 aromatic carbocycles. The molecule has 2 aliphatic heterocycles. The number of anilines is 1. The quantitative estimate of drug-likeness (QED) is 0.193. The highest BCUT2D eigenvalue weighted by molar-refractivity contribution is 6.43. The number of ether oxygens (including phenoxy) is 2. The first-order valence-electron chi connectivity index (χ1n) is 16.8. The van der Waals surface area contributed by atoms with E-state index in [1.165, 1.54) is 10.6 Å². The van der Waals surface area contributed by atoms with Crippen molar-refractivity contribution in [2.75, 3.05) is 57.3 Å². The number of carbonyl (C=O) groups is 1. The summed E-state index contributed by atoms with van der Waals surface area (Å²) in [7, 11) is 0. The van der Waals surface area contributed by atoms with Gasteiger partial charge in [0, 0.05) is 57.8 Å². The van der Waals surface area contributed by atoms with Crippen molar-refractivity contribution in [3.8, 4) is 5.75 Å². The van der Waals surface area contributed by atoms with Crippen molar-refractivity contribution >= 4 is 51.7 Å². The molecule has 0 bridgehead atoms. The van der Waals surface area contributed by atoms with E-state index in [2.05, 4.69) is 35.6 Å². The Bertz CT molecular complexity index is 1620. The van der Waals surface area contributed by atoms with E-state index in [4.69, 9.17) is 32.7 Å². The Kier molecular flexibility index (Phi) is 12.1. The predicted molar refractivity (Wildman–Crippen MR) is 191 cm³/mol. The molecule has 0 N–H and O–H groups in total. The third-order valence-electron chi connectivity index (χ3n) is 8.85. The van der Waals surface area contributed by atoms with Gasteiger partial charge in [-0.3, -0.25) is 24.2 Å². The van der Waals surface area contributed by atoms with Crippen LogP contribution in [0.4, 0.5) is 10.5 Å². The molecule has 0 saturated carbocycles. The molecule has 2 aliphatic rings. The van der Waals surface area contributed by atoms with Gasteiger partial charge < -0.3 is 14.4 Å². The van der Waals surface area contributed by atoms with Gasteiger partial charge in [-0.25, -0.2) is 4.79 Å². The van der Waals surface area contributed by atoms with E-state index in [9.17, 15) is 9.59 Å². The molecule has 0 radical (unpaired) electrons. The summed E-state index contributed by atoms with van der Waals surface area (Å²) in [5.74, 6) is 2.18. The Morgan fingerprint density at radius 3 is 2.53 bits per heavy atom. The second kappa shape index (κ2) is 16.2. The number of unbranched alkanes of at least 4 members (excludes halogenated alkanes) is 1. The lowest BCUT2D eigenvalue weighted by atomic mass is 10.0. The summed E-state index contributed by atoms with van der Waals surface area (Å²) in [6, 6.07) is 14.8. The summed E-state index contributed by atoms with van der Waals surface area (Å²) < 4.78 is 13.6. The van der Waals surface area contributed by atoms with E-state index in [-0.39, 0.29) is 11.5 Å². The average Bonchev–Trinajstić information content (AvgIpc) is 3.05. The van der Waals surface area contributed by atoms with Crippen LogP contribution in [0, 0.1) is 11.8 Å². The average molecular weight is 685 g/mol. The first kappa shape index (κ1) is 35.0. The molecule has 0 spiro atoms. The minimum Gasteiger partial charge on any atom is -0.494 e. The molecule has 1 fully saturated rings. The van der Waals surface area contributed by atoms with Crippen molar-refractivity contribution in [2.24, 2.45) is 16.8 Å². The monoisotopic (exact) mass is 683 g/mol. The highest BCUT2D eigenvalue weighted by atomic mass is 35.5. The normalized spacial score (nSPS) is 17.9. The highest BCUT2D eigenvalue weighted by Crippen LogP contribution is 2.33. The minimum absolute atomic E-state index is 0.240. The van der Waals surface area contributed by atoms with Gasteiger partial charge in [-0.15, -0.1) is 0 Å². The van der Waals surface area contributed by atoms with Crippen LogP contribution in [0.25, 0.3) is 10.9 Å². The molecular weight excluding hydrogens is 637 g/mol. The van der Waals surface area contributed by atoms with Crippen LogP contribution in [0.3, 0.4) is 0 Å². The number of rotatable bonds is 11. The van der Waals surface area contributed by atoms with Crippen molar-refractivity contribution in [2.45, 2.75) is 59.6 Å². The smallest absolute Gasteiger partial charge is 0.417 e. The number of carbonyl (C=O) groups excluding carboxylic acids is 1. The van der Waals surface area contributed by atoms with Crippen LogP contribution in [0.5, 0.6) is 5.75 Å². The molecule has 11 heteroatoms. The second-order valence-electron chi connectivity index (χ2n) is 13.1. The fourth-order valence-electron chi connectivity index (χ4n) is 6.21. The van der Waals surface area contributed by atoms with Gasteiger partial charge in [-0.05, 0) is 80.3 Å². The van der Waals surface area contributed by atoms with Crippen LogP contribution >= 0.6 is 23.2 Å². The Labute approximate surface area is 288 Å². The molecule has 9 nitrogen and oxygen atoms in total. The van der Waals surface area contributed by atoms with Crippen molar-refractivity contribution in [1.29, 1.82) is 0 Å². The number of hydrogen-bond acceptors (Lipinski definition) is 7. The second-order valence-corrected chi connectivity index (χ2v) is 13.9. The topological polar surface area (TPSA) is 79.6 Å². The third kappa shape index (κ3) is 9.00. The number of aromatic nitrogens is 1. The first-order valence-corrected chi connectivity index (χ1v) is 17.6. The van der Waals surface area contributed by atoms with Gasteiger partial charge >= 0.3 is 6.09 Å². The number of piperazine rings is 1. The van der Waals surface area contributed by atoms with Crippen molar-refractivity contribution in [3.05, 3.63) is 68.9 Å². The Morgan fingerprint density at radius 1 is 1.04 bits per heavy atom. The molecule has 3 aromatic rings. The summed E-state index contributed by atoms with van der Waals surface area (Å²) in [6.45, 7) is 14.6. The molecular formula is C36H47Cl2N5O4. The molecule has 47 heavy (non-hydrogen) atoms. The van der Waals surface area contributed by atoms with Gasteiger partial charge in [0.2, 0.25) is 0 Å². The summed E-state index contributed by atoms with van der Waals surface area (Å²) in [5, 5.41) is 2.07. The van der Waals surface area contributed by atoms with Crippen LogP contribution < -0.4 is 15.2 Å². The van der Waals surface area contributed by atoms with E-state index in [0.717, 1.165) is 75.3 Å². The van der Waals surface area contributed by atoms with Crippen LogP contribution in [-0.2, 0) is 4.74 Å². The van der Waals surface area contributed by atoms with Crippen molar-refractivity contribution in [3.63, 3.8) is 0 Å². The highest BCUT2D eigenvalue weighted by Gasteiger charge is 2.27. The number of hydrogen-bond donors (Lipinski definition) is 0. The molecule has 3 heterocycles. The lowest BCUT2D eigenvalue weighted by Gasteiger charge is -2.36. The van der Waals surface area contributed by atoms with Crippen molar-refractivity contribution in [1.82, 2.24) is 14.4 Å². The fraction of sp³-hybridized carbons (Fsp3) is 0.528. The minimum atomic E-state index is -0.818. The number of nitrogens with zero attached hydrogens (tertiary/aromatic N) is 5. The zero-order valence-corrected chi connectivity index (χ0v) is 29.5. The SMILES string of the molecule is CC(C)CN(C(=O)OC(C)n1c(=O)ccc2ccc(OCCCCN3CCN(c4cccc(Cl)c4Cl)CC3)cc21)C1=NCC(C)CC1. The summed E-state index contributed by atoms with van der Waals surface area (Å²) in [4.78, 5) is 37.6. The Morgan fingerprint density at radius 2 is 1.81 bits per heavy atom. The molecule has 2 unspecified atom stereocenters. The summed E-state index contributed by atoms with van der Waals surface area (Å²) in [6.07, 6.45) is 2.34. The van der Waals surface area contributed by atoms with E-state index >= 15 is 0 Å². The van der Waals surface area contributed by atoms with Crippen LogP contribution in [0.1, 0.15) is 59.6 Å². The number of halogens is 2. The number of amides is 1. The summed E-state index contributed by atoms with van der Waals surface area (Å²) in [5.41, 5.74) is 1.41. The molecule has 1 amide bonds. The predicted octanol–water partition coefficient (Wildman–Crippen LogP) is 7.73. The Hall–Kier alpha value is -3.27. The van der Waals surface area contributed by atoms with Gasteiger partial charge in [0.15, 0.2) is 6.23 Å². The maximum atomic E-state index is 13.4. The standard InChI is InChI=1S/C36H47Cl2N5O4/c1-25(2)24-42(33-14-10-26(3)23-39-33)36(45)47-27(4)43-32-22-29(13-11-28(32)12-15-34(43)44)46-21-6-5-16-40-17-19-41(20-18-40)31-9-7-8-30(37)35(31)38/h7-9,11-13,15,22,25-27H,5-6,10,14,16-21,23-24H2,1-4H3. The number of fused-ring (bicyclic) bond motifs is 1. The zero-order valence-electron chi connectivity index (χ0n) is 28.0. The maximum absolute atomic E-state index is 13.4. The number of benzene rings is 2. The molecule has 254 valence electrons. The van der Waals surface area contributed by atoms with Crippen LogP contribution in [0.15, 0.2) is 58.3 Å². The van der Waals surface area contributed by atoms with Crippen LogP contribution in [0.2, 0.25) is 10.0 Å². The maximum Gasteiger partial charge on any atom is 0.417 e. The van der Waals surface area contributed by atoms with Crippen LogP contribution in [-0.4, -0.2) is 78.7 Å². The lowest BCUT2D eigenvalue weighted by molar-refractivity contribution is 0.0496. The van der Waals surface area contributed by atoms with Gasteiger partial charge in [0.1, 0.15) is 11.6 Å². The largest absolute Gasteiger partial charge is 0.494 e. The first-order chi connectivity index (χ1) is 22.6. The molecule has 2 atom stereocenters. The molecule has 0 aliphatic carbocycles. The van der Waals surface area contributed by atoms with Gasteiger partial charge in [0.05, 0.1) is 27.9 Å². The zero-order chi connectivity index (χ0) is 33.5. The third-order valence-corrected chi connectivity index (χ3v) is 9.66. The van der Waals surface area contributed by atoms with E-state index in [0.29, 0.717) is 46.9 Å². The number of aliphatic imine (C=N–C) groups is 1. The number of amidine groups is 1. The van der Waals surface area contributed by atoms with Gasteiger partial charge in [-0.1, -0.05) is 50.0 Å². The van der Waals surface area contributed by atoms with Crippen molar-refractivity contribution < 1.29 is 14.3 Å². The Balaban J connectivity index is 1.15. The molecule has 1 aromatic heterocycles. The number of pyridine rings is 1. The fourth-order valence-corrected chi connectivity index (χ4v) is 6.63. The van der Waals surface area contributed by atoms with Gasteiger partial charge in [-0.2, -0.15) is 0 Å². The van der Waals surface area contributed by atoms with Gasteiger partial charge in [0.25, 0.3) is 5.56 Å². The van der Waals surface area contributed by atoms with E-state index in [1.807, 2.05) is 36.4 Å². The summed E-state index contributed by atoms with van der Waals surface area (Å²) >= 11 is 12.6. The lowest BCUT2D eigenvalue weighted by Crippen LogP contribution is -2.46. The van der Waals surface area contributed by atoms with E-state index < -0.39 is 12.3 Å². The van der Waals surface area contributed by atoms with E-state index in [1.54, 1.807) is 17.9 Å². The molecule has 5 rings (SSSR count). The molecule has 1 saturated heterocycles.